The van der Waals surface area contributed by atoms with Crippen LogP contribution in [0.2, 0.25) is 0 Å². The molecule has 3 aromatic rings. The van der Waals surface area contributed by atoms with E-state index in [0.29, 0.717) is 6.54 Å². The molecular formula is C21H25N5. The van der Waals surface area contributed by atoms with Gasteiger partial charge >= 0.3 is 0 Å². The minimum Gasteiger partial charge on any atom is -0.352 e. The molecule has 1 aromatic heterocycles. The van der Waals surface area contributed by atoms with Crippen LogP contribution in [-0.2, 0) is 13.1 Å². The Morgan fingerprint density at radius 3 is 2.42 bits per heavy atom. The summed E-state index contributed by atoms with van der Waals surface area (Å²) in [5.41, 5.74) is 3.59. The summed E-state index contributed by atoms with van der Waals surface area (Å²) in [6.45, 7) is 3.58. The van der Waals surface area contributed by atoms with Crippen molar-refractivity contribution in [3.8, 4) is 0 Å². The van der Waals surface area contributed by atoms with Crippen LogP contribution in [0.3, 0.4) is 0 Å². The lowest BCUT2D eigenvalue weighted by Crippen LogP contribution is -2.38. The molecule has 0 bridgehead atoms. The molecule has 26 heavy (non-hydrogen) atoms. The van der Waals surface area contributed by atoms with Crippen molar-refractivity contribution in [2.45, 2.75) is 26.1 Å². The normalized spacial score (nSPS) is 12.6. The number of benzene rings is 2. The molecule has 134 valence electrons. The minimum absolute atomic E-state index is 0.184. The molecule has 5 nitrogen and oxygen atoms in total. The lowest BCUT2D eigenvalue weighted by Gasteiger charge is -2.18. The zero-order valence-corrected chi connectivity index (χ0v) is 15.3. The van der Waals surface area contributed by atoms with Crippen molar-refractivity contribution in [2.75, 3.05) is 7.05 Å². The fourth-order valence-corrected chi connectivity index (χ4v) is 2.77. The molecule has 0 spiro atoms. The second-order valence-electron chi connectivity index (χ2n) is 6.23. The lowest BCUT2D eigenvalue weighted by atomic mass is 10.1. The highest BCUT2D eigenvalue weighted by molar-refractivity contribution is 5.80. The van der Waals surface area contributed by atoms with Crippen LogP contribution in [0.25, 0.3) is 0 Å². The van der Waals surface area contributed by atoms with Crippen molar-refractivity contribution >= 4 is 5.96 Å². The van der Waals surface area contributed by atoms with E-state index in [1.807, 2.05) is 47.3 Å². The average Bonchev–Trinajstić information content (AvgIpc) is 3.13. The summed E-state index contributed by atoms with van der Waals surface area (Å²) in [5.74, 6) is 0.775. The van der Waals surface area contributed by atoms with Gasteiger partial charge in [0.2, 0.25) is 0 Å². The SMILES string of the molecule is CN=C(NCc1cnn(Cc2ccccc2)c1)NC(C)c1ccccc1. The van der Waals surface area contributed by atoms with Gasteiger partial charge in [-0.15, -0.1) is 0 Å². The monoisotopic (exact) mass is 347 g/mol. The molecule has 2 aromatic carbocycles. The van der Waals surface area contributed by atoms with E-state index in [1.54, 1.807) is 7.05 Å². The Morgan fingerprint density at radius 2 is 1.73 bits per heavy atom. The molecule has 3 rings (SSSR count). The van der Waals surface area contributed by atoms with Gasteiger partial charge in [-0.1, -0.05) is 60.7 Å². The number of hydrogen-bond donors (Lipinski definition) is 2. The Hall–Kier alpha value is -3.08. The molecule has 0 radical (unpaired) electrons. The standard InChI is InChI=1S/C21H25N5/c1-17(20-11-7-4-8-12-20)25-21(22-2)23-13-19-14-24-26(16-19)15-18-9-5-3-6-10-18/h3-12,14,16-17H,13,15H2,1-2H3,(H2,22,23,25). The van der Waals surface area contributed by atoms with Crippen molar-refractivity contribution in [3.05, 3.63) is 89.7 Å². The third kappa shape index (κ3) is 4.96. The van der Waals surface area contributed by atoms with Crippen LogP contribution in [0, 0.1) is 0 Å². The second kappa shape index (κ2) is 8.85. The van der Waals surface area contributed by atoms with E-state index >= 15 is 0 Å². The molecule has 0 aliphatic rings. The summed E-state index contributed by atoms with van der Waals surface area (Å²) in [4.78, 5) is 4.31. The molecule has 2 N–H and O–H groups in total. The van der Waals surface area contributed by atoms with Gasteiger partial charge in [0.15, 0.2) is 5.96 Å². The van der Waals surface area contributed by atoms with Gasteiger partial charge in [-0.25, -0.2) is 0 Å². The Kier molecular flexibility index (Phi) is 6.04. The lowest BCUT2D eigenvalue weighted by molar-refractivity contribution is 0.680. The van der Waals surface area contributed by atoms with Gasteiger partial charge in [-0.05, 0) is 18.1 Å². The van der Waals surface area contributed by atoms with Crippen LogP contribution in [0.1, 0.15) is 29.7 Å². The first-order valence-electron chi connectivity index (χ1n) is 8.82. The Morgan fingerprint density at radius 1 is 1.04 bits per heavy atom. The van der Waals surface area contributed by atoms with Crippen LogP contribution in [0.15, 0.2) is 78.0 Å². The molecule has 1 unspecified atom stereocenters. The highest BCUT2D eigenvalue weighted by atomic mass is 15.3. The predicted octanol–water partition coefficient (Wildman–Crippen LogP) is 3.36. The fourth-order valence-electron chi connectivity index (χ4n) is 2.77. The zero-order chi connectivity index (χ0) is 18.2. The van der Waals surface area contributed by atoms with Crippen molar-refractivity contribution in [3.63, 3.8) is 0 Å². The maximum atomic E-state index is 4.44. The largest absolute Gasteiger partial charge is 0.352 e. The highest BCUT2D eigenvalue weighted by Crippen LogP contribution is 2.10. The average molecular weight is 347 g/mol. The van der Waals surface area contributed by atoms with Crippen LogP contribution < -0.4 is 10.6 Å². The quantitative estimate of drug-likeness (QED) is 0.531. The molecule has 0 fully saturated rings. The number of nitrogens with one attached hydrogen (secondary N) is 2. The first kappa shape index (κ1) is 17.7. The van der Waals surface area contributed by atoms with Crippen LogP contribution in [-0.4, -0.2) is 22.8 Å². The maximum absolute atomic E-state index is 4.44. The first-order chi connectivity index (χ1) is 12.7. The van der Waals surface area contributed by atoms with E-state index in [-0.39, 0.29) is 6.04 Å². The maximum Gasteiger partial charge on any atom is 0.191 e. The van der Waals surface area contributed by atoms with E-state index in [0.717, 1.165) is 18.1 Å². The number of hydrogen-bond acceptors (Lipinski definition) is 2. The zero-order valence-electron chi connectivity index (χ0n) is 15.3. The second-order valence-corrected chi connectivity index (χ2v) is 6.23. The molecular weight excluding hydrogens is 322 g/mol. The molecule has 0 saturated heterocycles. The molecule has 5 heteroatoms. The van der Waals surface area contributed by atoms with Gasteiger partial charge in [0, 0.05) is 25.4 Å². The number of aliphatic imine (C=N–C) groups is 1. The summed E-state index contributed by atoms with van der Waals surface area (Å²) in [7, 11) is 1.78. The fraction of sp³-hybridized carbons (Fsp3) is 0.238. The van der Waals surface area contributed by atoms with E-state index in [4.69, 9.17) is 0 Å². The summed E-state index contributed by atoms with van der Waals surface area (Å²) in [6, 6.07) is 20.9. The number of aromatic nitrogens is 2. The molecule has 1 atom stereocenters. The van der Waals surface area contributed by atoms with Crippen LogP contribution in [0.5, 0.6) is 0 Å². The van der Waals surface area contributed by atoms with E-state index in [1.165, 1.54) is 11.1 Å². The first-order valence-corrected chi connectivity index (χ1v) is 8.82. The van der Waals surface area contributed by atoms with Gasteiger partial charge < -0.3 is 10.6 Å². The van der Waals surface area contributed by atoms with Gasteiger partial charge in [-0.2, -0.15) is 5.10 Å². The van der Waals surface area contributed by atoms with Gasteiger partial charge in [0.1, 0.15) is 0 Å². The summed E-state index contributed by atoms with van der Waals surface area (Å²) in [6.07, 6.45) is 3.96. The smallest absolute Gasteiger partial charge is 0.191 e. The van der Waals surface area contributed by atoms with Gasteiger partial charge in [0.25, 0.3) is 0 Å². The van der Waals surface area contributed by atoms with Crippen LogP contribution in [0.4, 0.5) is 0 Å². The summed E-state index contributed by atoms with van der Waals surface area (Å²) >= 11 is 0. The van der Waals surface area contributed by atoms with Gasteiger partial charge in [-0.3, -0.25) is 9.67 Å². The molecule has 1 heterocycles. The molecule has 0 aliphatic heterocycles. The summed E-state index contributed by atoms with van der Waals surface area (Å²) in [5, 5.41) is 11.2. The Bertz CT molecular complexity index is 824. The number of nitrogens with zero attached hydrogens (tertiary/aromatic N) is 3. The molecule has 0 aliphatic carbocycles. The molecule has 0 saturated carbocycles. The van der Waals surface area contributed by atoms with Crippen molar-refractivity contribution in [1.82, 2.24) is 20.4 Å². The Balaban J connectivity index is 1.53. The number of guanidine groups is 1. The number of rotatable bonds is 6. The van der Waals surface area contributed by atoms with Crippen molar-refractivity contribution < 1.29 is 0 Å². The van der Waals surface area contributed by atoms with Crippen molar-refractivity contribution in [2.24, 2.45) is 4.99 Å². The Labute approximate surface area is 154 Å². The third-order valence-corrected chi connectivity index (χ3v) is 4.21. The van der Waals surface area contributed by atoms with Gasteiger partial charge in [0.05, 0.1) is 18.8 Å². The third-order valence-electron chi connectivity index (χ3n) is 4.21. The van der Waals surface area contributed by atoms with E-state index in [9.17, 15) is 0 Å². The minimum atomic E-state index is 0.184. The topological polar surface area (TPSA) is 54.2 Å². The predicted molar refractivity (Wildman–Crippen MR) is 106 cm³/mol. The van der Waals surface area contributed by atoms with E-state index < -0.39 is 0 Å². The van der Waals surface area contributed by atoms with E-state index in [2.05, 4.69) is 58.1 Å². The summed E-state index contributed by atoms with van der Waals surface area (Å²) < 4.78 is 1.95. The molecule has 0 amide bonds. The van der Waals surface area contributed by atoms with Crippen molar-refractivity contribution in [1.29, 1.82) is 0 Å². The highest BCUT2D eigenvalue weighted by Gasteiger charge is 2.07. The van der Waals surface area contributed by atoms with Crippen LogP contribution >= 0.6 is 0 Å².